The average Bonchev–Trinajstić information content (AvgIpc) is 2.52. The smallest absolute Gasteiger partial charge is 0.291 e. The van der Waals surface area contributed by atoms with Crippen LogP contribution in [0.15, 0.2) is 24.3 Å². The van der Waals surface area contributed by atoms with Gasteiger partial charge in [-0.3, -0.25) is 0 Å². The van der Waals surface area contributed by atoms with E-state index in [2.05, 4.69) is 35.5 Å². The van der Waals surface area contributed by atoms with Gasteiger partial charge in [-0.15, -0.1) is 34.1 Å². The lowest BCUT2D eigenvalue weighted by atomic mass is 10.0. The van der Waals surface area contributed by atoms with Crippen molar-refractivity contribution in [2.75, 3.05) is 38.8 Å². The van der Waals surface area contributed by atoms with E-state index in [9.17, 15) is 0 Å². The summed E-state index contributed by atoms with van der Waals surface area (Å²) in [4.78, 5) is 10.6. The summed E-state index contributed by atoms with van der Waals surface area (Å²) in [6, 6.07) is 6.15. The highest BCUT2D eigenvalue weighted by Crippen LogP contribution is 2.32. The molecule has 1 heterocycles. The van der Waals surface area contributed by atoms with Crippen LogP contribution in [0.2, 0.25) is 0 Å². The quantitative estimate of drug-likeness (QED) is 0.262. The third-order valence-electron chi connectivity index (χ3n) is 3.38. The van der Waals surface area contributed by atoms with Crippen LogP contribution in [-0.4, -0.2) is 49.3 Å². The third-order valence-corrected chi connectivity index (χ3v) is 3.38. The zero-order chi connectivity index (χ0) is 17.2. The second kappa shape index (κ2) is 11.7. The number of halogens is 1. The van der Waals surface area contributed by atoms with E-state index in [0.717, 1.165) is 31.7 Å². The number of nitrogens with one attached hydrogen (secondary N) is 1. The van der Waals surface area contributed by atoms with E-state index in [4.69, 9.17) is 25.2 Å². The number of aliphatic hydroxyl groups is 1. The maximum absolute atomic E-state index is 8.79. The summed E-state index contributed by atoms with van der Waals surface area (Å²) in [5.74, 6) is 0.882. The van der Waals surface area contributed by atoms with Gasteiger partial charge in [0.25, 0.3) is 5.09 Å². The standard InChI is InChI=1S/C15H22N2O2.HI.HNO3/c1-17-9-7-14(16-8-3-4-10-18)13-6-5-12(19-2)11-15(13)17;;2-1(3)4/h5-7,11,16,18H,3-4,8-10H2,1-2H3;1H;(H,2,3,4). The first-order valence-electron chi connectivity index (χ1n) is 7.27. The molecule has 1 aromatic rings. The third kappa shape index (κ3) is 7.21. The van der Waals surface area contributed by atoms with E-state index < -0.39 is 5.09 Å². The van der Waals surface area contributed by atoms with Crippen LogP contribution in [0.1, 0.15) is 18.4 Å². The van der Waals surface area contributed by atoms with Gasteiger partial charge in [-0.05, 0) is 31.1 Å². The number of unbranched alkanes of at least 4 members (excludes halogenated alkanes) is 1. The fourth-order valence-electron chi connectivity index (χ4n) is 2.25. The summed E-state index contributed by atoms with van der Waals surface area (Å²) in [5, 5.41) is 25.9. The Hall–Kier alpha value is -1.75. The predicted molar refractivity (Wildman–Crippen MR) is 103 cm³/mol. The van der Waals surface area contributed by atoms with Gasteiger partial charge in [0.15, 0.2) is 0 Å². The van der Waals surface area contributed by atoms with Crippen LogP contribution >= 0.6 is 24.0 Å². The van der Waals surface area contributed by atoms with Gasteiger partial charge in [0.05, 0.1) is 7.11 Å². The maximum Gasteiger partial charge on any atom is 0.291 e. The Morgan fingerprint density at radius 2 is 2.08 bits per heavy atom. The molecule has 136 valence electrons. The Morgan fingerprint density at radius 3 is 2.67 bits per heavy atom. The van der Waals surface area contributed by atoms with E-state index in [0.29, 0.717) is 0 Å². The first-order valence-corrected chi connectivity index (χ1v) is 7.27. The largest absolute Gasteiger partial charge is 0.497 e. The molecule has 9 heteroatoms. The van der Waals surface area contributed by atoms with Crippen LogP contribution in [-0.2, 0) is 0 Å². The van der Waals surface area contributed by atoms with Gasteiger partial charge >= 0.3 is 0 Å². The van der Waals surface area contributed by atoms with Gasteiger partial charge in [0.1, 0.15) is 5.75 Å². The predicted octanol–water partition coefficient (Wildman–Crippen LogP) is 2.12. The summed E-state index contributed by atoms with van der Waals surface area (Å²) in [7, 11) is 3.77. The molecule has 1 aliphatic rings. The van der Waals surface area contributed by atoms with Crippen LogP contribution in [0.5, 0.6) is 5.75 Å². The molecule has 2 rings (SSSR count). The number of hydrogen-bond donors (Lipinski definition) is 3. The maximum atomic E-state index is 8.79. The van der Waals surface area contributed by atoms with Gasteiger partial charge in [0, 0.05) is 49.8 Å². The van der Waals surface area contributed by atoms with Crippen molar-refractivity contribution in [3.8, 4) is 5.75 Å². The minimum atomic E-state index is -1.50. The molecule has 0 spiro atoms. The Kier molecular flexibility index (Phi) is 10.9. The van der Waals surface area contributed by atoms with E-state index in [1.165, 1.54) is 16.9 Å². The zero-order valence-electron chi connectivity index (χ0n) is 13.8. The van der Waals surface area contributed by atoms with Crippen molar-refractivity contribution in [2.45, 2.75) is 12.8 Å². The summed E-state index contributed by atoms with van der Waals surface area (Å²) in [5.41, 5.74) is 3.57. The summed E-state index contributed by atoms with van der Waals surface area (Å²) in [6.45, 7) is 2.04. The molecular weight excluding hydrogens is 429 g/mol. The average molecular weight is 453 g/mol. The van der Waals surface area contributed by atoms with Gasteiger partial charge in [-0.2, -0.15) is 0 Å². The lowest BCUT2D eigenvalue weighted by molar-refractivity contribution is -0.742. The minimum absolute atomic E-state index is 0. The highest BCUT2D eigenvalue weighted by atomic mass is 127. The van der Waals surface area contributed by atoms with Crippen molar-refractivity contribution < 1.29 is 20.1 Å². The SMILES string of the molecule is COc1ccc2c(c1)N(C)CC=C2NCCCCO.I.O=[N+]([O-])O. The van der Waals surface area contributed by atoms with Crippen LogP contribution < -0.4 is 15.0 Å². The van der Waals surface area contributed by atoms with Gasteiger partial charge in [-0.1, -0.05) is 0 Å². The molecule has 0 aliphatic carbocycles. The van der Waals surface area contributed by atoms with Crippen molar-refractivity contribution in [3.63, 3.8) is 0 Å². The molecule has 24 heavy (non-hydrogen) atoms. The molecule has 0 unspecified atom stereocenters. The second-order valence-electron chi connectivity index (χ2n) is 4.98. The normalized spacial score (nSPS) is 12.0. The topological polar surface area (TPSA) is 108 Å². The number of methoxy groups -OCH3 is 1. The van der Waals surface area contributed by atoms with Crippen LogP contribution in [0.25, 0.3) is 5.70 Å². The second-order valence-corrected chi connectivity index (χ2v) is 4.98. The van der Waals surface area contributed by atoms with Crippen LogP contribution in [0, 0.1) is 10.1 Å². The van der Waals surface area contributed by atoms with Crippen LogP contribution in [0.4, 0.5) is 5.69 Å². The summed E-state index contributed by atoms with van der Waals surface area (Å²) in [6.07, 6.45) is 4.03. The minimum Gasteiger partial charge on any atom is -0.497 e. The number of likely N-dealkylation sites (N-methyl/N-ethyl adjacent to an activating group) is 1. The highest BCUT2D eigenvalue weighted by molar-refractivity contribution is 14.0. The van der Waals surface area contributed by atoms with Crippen molar-refractivity contribution >= 4 is 35.4 Å². The van der Waals surface area contributed by atoms with Gasteiger partial charge in [-0.25, -0.2) is 0 Å². The van der Waals surface area contributed by atoms with E-state index >= 15 is 0 Å². The van der Waals surface area contributed by atoms with E-state index in [1.54, 1.807) is 7.11 Å². The molecule has 3 N–H and O–H groups in total. The molecule has 8 nitrogen and oxygen atoms in total. The first kappa shape index (κ1) is 22.2. The molecule has 0 amide bonds. The van der Waals surface area contributed by atoms with Crippen molar-refractivity contribution in [3.05, 3.63) is 40.0 Å². The molecule has 0 saturated heterocycles. The lowest BCUT2D eigenvalue weighted by Gasteiger charge is -2.28. The Balaban J connectivity index is 0.000000954. The van der Waals surface area contributed by atoms with Crippen molar-refractivity contribution in [2.24, 2.45) is 0 Å². The molecular formula is C15H24IN3O5. The number of ether oxygens (including phenoxy) is 1. The zero-order valence-corrected chi connectivity index (χ0v) is 16.1. The number of benzene rings is 1. The van der Waals surface area contributed by atoms with Gasteiger partial charge < -0.3 is 25.3 Å². The van der Waals surface area contributed by atoms with E-state index in [-0.39, 0.29) is 30.6 Å². The number of fused-ring (bicyclic) bond motifs is 1. The van der Waals surface area contributed by atoms with Crippen molar-refractivity contribution in [1.29, 1.82) is 0 Å². The van der Waals surface area contributed by atoms with Gasteiger partial charge in [0.2, 0.25) is 0 Å². The molecule has 0 saturated carbocycles. The fraction of sp³-hybridized carbons (Fsp3) is 0.467. The molecule has 0 bridgehead atoms. The first-order chi connectivity index (χ1) is 11.0. The monoisotopic (exact) mass is 453 g/mol. The molecule has 1 aliphatic heterocycles. The number of hydrogen-bond acceptors (Lipinski definition) is 6. The number of anilines is 1. The number of aliphatic hydroxyl groups excluding tert-OH is 1. The number of nitrogens with zero attached hydrogens (tertiary/aromatic N) is 2. The molecule has 0 aromatic heterocycles. The molecule has 0 fully saturated rings. The Morgan fingerprint density at radius 1 is 1.42 bits per heavy atom. The van der Waals surface area contributed by atoms with Crippen LogP contribution in [0.3, 0.4) is 0 Å². The Bertz CT molecular complexity index is 550. The summed E-state index contributed by atoms with van der Waals surface area (Å²) >= 11 is 0. The fourth-order valence-corrected chi connectivity index (χ4v) is 2.25. The number of rotatable bonds is 6. The molecule has 1 aromatic carbocycles. The molecule has 0 atom stereocenters. The highest BCUT2D eigenvalue weighted by Gasteiger charge is 2.16. The molecule has 0 radical (unpaired) electrons. The lowest BCUT2D eigenvalue weighted by Crippen LogP contribution is -2.26. The van der Waals surface area contributed by atoms with E-state index in [1.807, 2.05) is 6.07 Å². The summed E-state index contributed by atoms with van der Waals surface area (Å²) < 4.78 is 5.28. The van der Waals surface area contributed by atoms with Crippen molar-refractivity contribution in [1.82, 2.24) is 5.32 Å². The Labute approximate surface area is 158 Å².